The zero-order chi connectivity index (χ0) is 20.4. The number of benzene rings is 2. The fourth-order valence-electron chi connectivity index (χ4n) is 3.06. The molecule has 0 aliphatic heterocycles. The Labute approximate surface area is 180 Å². The molecule has 0 fully saturated rings. The molecule has 0 atom stereocenters. The minimum absolute atomic E-state index is 0.0721. The number of fused-ring (bicyclic) bond motifs is 2. The molecule has 0 N–H and O–H groups in total. The van der Waals surface area contributed by atoms with Gasteiger partial charge in [-0.25, -0.2) is 15.0 Å². The number of nitrogens with zero attached hydrogens (tertiary/aromatic N) is 4. The van der Waals surface area contributed by atoms with Crippen LogP contribution in [-0.2, 0) is 17.0 Å². The zero-order valence-electron chi connectivity index (χ0n) is 16.1. The maximum atomic E-state index is 13.1. The highest BCUT2D eigenvalue weighted by atomic mass is 79.9. The van der Waals surface area contributed by atoms with Crippen LogP contribution in [0.25, 0.3) is 21.9 Å². The van der Waals surface area contributed by atoms with Gasteiger partial charge in [0.2, 0.25) is 0 Å². The van der Waals surface area contributed by atoms with E-state index >= 15 is 0 Å². The first-order valence-electron chi connectivity index (χ1n) is 9.11. The lowest BCUT2D eigenvalue weighted by Gasteiger charge is -2.13. The highest BCUT2D eigenvalue weighted by Crippen LogP contribution is 2.24. The van der Waals surface area contributed by atoms with E-state index in [-0.39, 0.29) is 5.56 Å². The Morgan fingerprint density at radius 2 is 1.83 bits per heavy atom. The van der Waals surface area contributed by atoms with E-state index in [1.807, 2.05) is 43.3 Å². The third kappa shape index (κ3) is 4.19. The Morgan fingerprint density at radius 1 is 1.07 bits per heavy atom. The van der Waals surface area contributed by atoms with Gasteiger partial charge in [-0.1, -0.05) is 39.8 Å². The second-order valence-corrected chi connectivity index (χ2v) is 8.40. The number of aromatic nitrogens is 4. The van der Waals surface area contributed by atoms with Crippen LogP contribution < -0.4 is 5.56 Å². The summed E-state index contributed by atoms with van der Waals surface area (Å²) in [5.41, 5.74) is 4.11. The van der Waals surface area contributed by atoms with E-state index in [0.717, 1.165) is 26.9 Å². The number of ether oxygens (including phenoxy) is 1. The van der Waals surface area contributed by atoms with Crippen LogP contribution in [0.1, 0.15) is 11.4 Å². The molecule has 4 rings (SSSR count). The normalized spacial score (nSPS) is 11.4. The number of halogens is 1. The van der Waals surface area contributed by atoms with Crippen molar-refractivity contribution < 1.29 is 4.74 Å². The molecule has 0 aliphatic carbocycles. The van der Waals surface area contributed by atoms with Crippen molar-refractivity contribution in [1.82, 2.24) is 19.5 Å². The van der Waals surface area contributed by atoms with Crippen molar-refractivity contribution in [2.24, 2.45) is 0 Å². The molecular weight excluding hydrogens is 452 g/mol. The lowest BCUT2D eigenvalue weighted by molar-refractivity contribution is 0.183. The van der Waals surface area contributed by atoms with Gasteiger partial charge in [0.15, 0.2) is 5.16 Å². The summed E-state index contributed by atoms with van der Waals surface area (Å²) in [6.07, 6.45) is 0. The average molecular weight is 471 g/mol. The average Bonchev–Trinajstić information content (AvgIpc) is 2.72. The maximum Gasteiger partial charge on any atom is 0.262 e. The summed E-state index contributed by atoms with van der Waals surface area (Å²) in [6, 6.07) is 13.4. The highest BCUT2D eigenvalue weighted by molar-refractivity contribution is 9.10. The number of thioether (sulfide) groups is 1. The Hall–Kier alpha value is -2.29. The number of aryl methyl sites for hydroxylation is 1. The second kappa shape index (κ2) is 8.61. The van der Waals surface area contributed by atoms with E-state index in [9.17, 15) is 4.79 Å². The predicted octanol–water partition coefficient (Wildman–Crippen LogP) is 4.35. The number of methoxy groups -OCH3 is 1. The molecule has 2 aromatic heterocycles. The fourth-order valence-corrected chi connectivity index (χ4v) is 4.45. The van der Waals surface area contributed by atoms with Crippen LogP contribution in [0.5, 0.6) is 0 Å². The molecule has 4 aromatic rings. The van der Waals surface area contributed by atoms with Crippen molar-refractivity contribution in [3.8, 4) is 0 Å². The molecule has 0 saturated carbocycles. The Balaban J connectivity index is 1.72. The van der Waals surface area contributed by atoms with E-state index in [0.29, 0.717) is 35.0 Å². The van der Waals surface area contributed by atoms with Gasteiger partial charge < -0.3 is 4.74 Å². The number of para-hydroxylation sites is 2. The van der Waals surface area contributed by atoms with Gasteiger partial charge in [0.25, 0.3) is 5.56 Å². The Bertz CT molecular complexity index is 1260. The molecule has 148 valence electrons. The van der Waals surface area contributed by atoms with Gasteiger partial charge in [0, 0.05) is 17.3 Å². The summed E-state index contributed by atoms with van der Waals surface area (Å²) in [6.45, 7) is 2.83. The second-order valence-electron chi connectivity index (χ2n) is 6.54. The third-order valence-electron chi connectivity index (χ3n) is 4.58. The molecule has 0 bridgehead atoms. The Kier molecular flexibility index (Phi) is 5.94. The first-order chi connectivity index (χ1) is 14.1. The molecule has 0 radical (unpaired) electrons. The summed E-state index contributed by atoms with van der Waals surface area (Å²) in [5, 5.41) is 1.23. The van der Waals surface area contributed by atoms with Gasteiger partial charge in [-0.05, 0) is 37.3 Å². The van der Waals surface area contributed by atoms with Crippen molar-refractivity contribution in [3.05, 3.63) is 68.7 Å². The number of rotatable bonds is 6. The summed E-state index contributed by atoms with van der Waals surface area (Å²) in [5.74, 6) is 0.575. The van der Waals surface area contributed by atoms with Crippen LogP contribution in [0.2, 0.25) is 0 Å². The summed E-state index contributed by atoms with van der Waals surface area (Å²) >= 11 is 4.92. The van der Waals surface area contributed by atoms with Gasteiger partial charge in [-0.3, -0.25) is 9.36 Å². The number of hydrogen-bond donors (Lipinski definition) is 0. The molecule has 0 unspecified atom stereocenters. The lowest BCUT2D eigenvalue weighted by atomic mass is 10.2. The fraction of sp³-hybridized carbons (Fsp3) is 0.238. The molecule has 0 aliphatic rings. The molecule has 2 aromatic carbocycles. The first kappa shape index (κ1) is 20.0. The van der Waals surface area contributed by atoms with Crippen LogP contribution in [-0.4, -0.2) is 33.2 Å². The minimum atomic E-state index is -0.0721. The maximum absolute atomic E-state index is 13.1. The zero-order valence-corrected chi connectivity index (χ0v) is 18.5. The van der Waals surface area contributed by atoms with Crippen LogP contribution >= 0.6 is 27.7 Å². The predicted molar refractivity (Wildman–Crippen MR) is 119 cm³/mol. The van der Waals surface area contributed by atoms with Gasteiger partial charge in [0.05, 0.1) is 46.5 Å². The quantitative estimate of drug-likeness (QED) is 0.308. The summed E-state index contributed by atoms with van der Waals surface area (Å²) < 4.78 is 7.72. The molecule has 0 amide bonds. The van der Waals surface area contributed by atoms with Crippen molar-refractivity contribution in [2.45, 2.75) is 24.4 Å². The van der Waals surface area contributed by atoms with E-state index < -0.39 is 0 Å². The van der Waals surface area contributed by atoms with Crippen LogP contribution in [0, 0.1) is 6.92 Å². The molecule has 8 heteroatoms. The molecular formula is C21H19BrN4O2S. The Morgan fingerprint density at radius 3 is 2.59 bits per heavy atom. The summed E-state index contributed by atoms with van der Waals surface area (Å²) in [4.78, 5) is 27.2. The van der Waals surface area contributed by atoms with E-state index in [1.165, 1.54) is 11.8 Å². The standard InChI is InChI=1S/C21H19BrN4O2S/c1-13-19(24-18-6-4-3-5-17(18)23-13)12-29-21-25-16-8-7-14(22)11-15(16)20(27)26(21)9-10-28-2/h3-8,11H,9-10,12H2,1-2H3. The van der Waals surface area contributed by atoms with Gasteiger partial charge in [0.1, 0.15) is 0 Å². The molecule has 2 heterocycles. The van der Waals surface area contributed by atoms with Gasteiger partial charge in [-0.2, -0.15) is 0 Å². The molecule has 6 nitrogen and oxygen atoms in total. The van der Waals surface area contributed by atoms with Crippen LogP contribution in [0.3, 0.4) is 0 Å². The topological polar surface area (TPSA) is 69.9 Å². The SMILES string of the molecule is COCCn1c(SCc2nc3ccccc3nc2C)nc2ccc(Br)cc2c1=O. The molecule has 0 spiro atoms. The van der Waals surface area contributed by atoms with E-state index in [1.54, 1.807) is 17.7 Å². The summed E-state index contributed by atoms with van der Waals surface area (Å²) in [7, 11) is 1.62. The highest BCUT2D eigenvalue weighted by Gasteiger charge is 2.14. The van der Waals surface area contributed by atoms with Crippen molar-refractivity contribution in [2.75, 3.05) is 13.7 Å². The molecule has 0 saturated heterocycles. The monoisotopic (exact) mass is 470 g/mol. The smallest absolute Gasteiger partial charge is 0.262 e. The largest absolute Gasteiger partial charge is 0.383 e. The van der Waals surface area contributed by atoms with Crippen LogP contribution in [0.4, 0.5) is 0 Å². The van der Waals surface area contributed by atoms with Crippen molar-refractivity contribution in [3.63, 3.8) is 0 Å². The molecule has 29 heavy (non-hydrogen) atoms. The lowest BCUT2D eigenvalue weighted by Crippen LogP contribution is -2.25. The first-order valence-corrected chi connectivity index (χ1v) is 10.9. The third-order valence-corrected chi connectivity index (χ3v) is 6.06. The van der Waals surface area contributed by atoms with E-state index in [4.69, 9.17) is 14.7 Å². The van der Waals surface area contributed by atoms with Gasteiger partial charge >= 0.3 is 0 Å². The van der Waals surface area contributed by atoms with Crippen molar-refractivity contribution in [1.29, 1.82) is 0 Å². The minimum Gasteiger partial charge on any atom is -0.383 e. The van der Waals surface area contributed by atoms with Gasteiger partial charge in [-0.15, -0.1) is 0 Å². The van der Waals surface area contributed by atoms with E-state index in [2.05, 4.69) is 20.9 Å². The number of hydrogen-bond acceptors (Lipinski definition) is 6. The van der Waals surface area contributed by atoms with Crippen LogP contribution in [0.15, 0.2) is 56.9 Å². The van der Waals surface area contributed by atoms with Crippen molar-refractivity contribution >= 4 is 49.6 Å².